The number of amides is 2. The first-order valence-electron chi connectivity index (χ1n) is 14.2. The Balaban J connectivity index is 1.21. The monoisotopic (exact) mass is 605 g/mol. The molecule has 220 valence electrons. The van der Waals surface area contributed by atoms with Crippen LogP contribution in [-0.4, -0.2) is 84.0 Å². The van der Waals surface area contributed by atoms with Gasteiger partial charge in [0.15, 0.2) is 5.11 Å². The minimum atomic E-state index is -0.696. The molecule has 0 spiro atoms. The van der Waals surface area contributed by atoms with Gasteiger partial charge in [-0.15, -0.1) is 0 Å². The third-order valence-corrected chi connectivity index (χ3v) is 8.39. The van der Waals surface area contributed by atoms with Gasteiger partial charge in [-0.25, -0.2) is 0 Å². The Labute approximate surface area is 257 Å². The SMILES string of the molecule is COc1cccc(N2C(=O)[C@H](CC(=O)Nc3ccc(Cl)cc3)N(CCCN3CCN(Cc4ccccc4)CC3)C2=S)c1. The van der Waals surface area contributed by atoms with Gasteiger partial charge < -0.3 is 19.9 Å². The summed E-state index contributed by atoms with van der Waals surface area (Å²) in [5.74, 6) is 0.157. The van der Waals surface area contributed by atoms with Gasteiger partial charge in [0, 0.05) is 56.0 Å². The van der Waals surface area contributed by atoms with E-state index < -0.39 is 6.04 Å². The lowest BCUT2D eigenvalue weighted by atomic mass is 10.1. The van der Waals surface area contributed by atoms with E-state index in [9.17, 15) is 9.59 Å². The summed E-state index contributed by atoms with van der Waals surface area (Å²) in [5, 5.41) is 3.88. The van der Waals surface area contributed by atoms with Crippen molar-refractivity contribution in [2.75, 3.05) is 56.6 Å². The maximum Gasteiger partial charge on any atom is 0.256 e. The number of thiocarbonyl (C=S) groups is 1. The predicted octanol–water partition coefficient (Wildman–Crippen LogP) is 4.89. The number of halogens is 1. The van der Waals surface area contributed by atoms with E-state index in [4.69, 9.17) is 28.6 Å². The second-order valence-corrected chi connectivity index (χ2v) is 11.4. The average molecular weight is 606 g/mol. The van der Waals surface area contributed by atoms with Crippen LogP contribution in [0.4, 0.5) is 11.4 Å². The Kier molecular flexibility index (Phi) is 10.1. The highest BCUT2D eigenvalue weighted by Gasteiger charge is 2.44. The lowest BCUT2D eigenvalue weighted by Gasteiger charge is -2.35. The molecule has 8 nitrogen and oxygen atoms in total. The molecule has 0 bridgehead atoms. The number of nitrogens with one attached hydrogen (secondary N) is 1. The van der Waals surface area contributed by atoms with E-state index in [1.807, 2.05) is 29.2 Å². The Bertz CT molecular complexity index is 1380. The molecule has 3 aromatic carbocycles. The number of carbonyl (C=O) groups is 2. The summed E-state index contributed by atoms with van der Waals surface area (Å²) in [4.78, 5) is 35.2. The van der Waals surface area contributed by atoms with Crippen LogP contribution in [-0.2, 0) is 16.1 Å². The van der Waals surface area contributed by atoms with Crippen molar-refractivity contribution in [2.24, 2.45) is 0 Å². The van der Waals surface area contributed by atoms with E-state index in [-0.39, 0.29) is 18.2 Å². The summed E-state index contributed by atoms with van der Waals surface area (Å²) >= 11 is 11.8. The van der Waals surface area contributed by atoms with Gasteiger partial charge in [-0.05, 0) is 67.1 Å². The average Bonchev–Trinajstić information content (AvgIpc) is 3.23. The van der Waals surface area contributed by atoms with Crippen molar-refractivity contribution in [2.45, 2.75) is 25.4 Å². The Morgan fingerprint density at radius 1 is 0.952 bits per heavy atom. The van der Waals surface area contributed by atoms with Crippen molar-refractivity contribution in [1.29, 1.82) is 0 Å². The number of hydrogen-bond acceptors (Lipinski definition) is 6. The summed E-state index contributed by atoms with van der Waals surface area (Å²) in [7, 11) is 1.58. The van der Waals surface area contributed by atoms with Crippen molar-refractivity contribution in [1.82, 2.24) is 14.7 Å². The van der Waals surface area contributed by atoms with Gasteiger partial charge in [0.25, 0.3) is 5.91 Å². The van der Waals surface area contributed by atoms with Gasteiger partial charge in [-0.3, -0.25) is 19.4 Å². The van der Waals surface area contributed by atoms with Crippen molar-refractivity contribution in [3.05, 3.63) is 89.4 Å². The molecule has 5 rings (SSSR count). The molecular weight excluding hydrogens is 570 g/mol. The molecule has 10 heteroatoms. The predicted molar refractivity (Wildman–Crippen MR) is 171 cm³/mol. The summed E-state index contributed by atoms with van der Waals surface area (Å²) in [6, 6.07) is 24.0. The molecule has 3 aromatic rings. The van der Waals surface area contributed by atoms with Crippen LogP contribution in [0.25, 0.3) is 0 Å². The maximum atomic E-state index is 13.8. The standard InChI is InChI=1S/C32H36ClN5O3S/c1-41-28-10-5-9-27(21-28)38-31(40)29(22-30(39)34-26-13-11-25(33)12-14-26)37(32(38)42)16-6-15-35-17-19-36(20-18-35)23-24-7-3-2-4-8-24/h2-5,7-14,21,29H,6,15-20,22-23H2,1H3,(H,34,39)/t29-/m0/s1. The minimum Gasteiger partial charge on any atom is -0.497 e. The molecule has 0 radical (unpaired) electrons. The van der Waals surface area contributed by atoms with E-state index in [1.165, 1.54) is 10.5 Å². The molecule has 0 saturated carbocycles. The lowest BCUT2D eigenvalue weighted by Crippen LogP contribution is -2.47. The van der Waals surface area contributed by atoms with Crippen molar-refractivity contribution in [3.8, 4) is 5.75 Å². The minimum absolute atomic E-state index is 0.0137. The fourth-order valence-corrected chi connectivity index (χ4v) is 6.01. The zero-order valence-electron chi connectivity index (χ0n) is 23.7. The number of rotatable bonds is 11. The molecule has 0 aromatic heterocycles. The molecule has 0 unspecified atom stereocenters. The van der Waals surface area contributed by atoms with Crippen LogP contribution in [0.1, 0.15) is 18.4 Å². The number of hydrogen-bond donors (Lipinski definition) is 1. The molecular formula is C32H36ClN5O3S. The number of anilines is 2. The van der Waals surface area contributed by atoms with E-state index in [0.29, 0.717) is 33.8 Å². The van der Waals surface area contributed by atoms with Gasteiger partial charge >= 0.3 is 0 Å². The van der Waals surface area contributed by atoms with Gasteiger partial charge in [0.1, 0.15) is 11.8 Å². The zero-order chi connectivity index (χ0) is 29.5. The summed E-state index contributed by atoms with van der Waals surface area (Å²) < 4.78 is 5.37. The van der Waals surface area contributed by atoms with Crippen LogP contribution in [0, 0.1) is 0 Å². The van der Waals surface area contributed by atoms with E-state index >= 15 is 0 Å². The van der Waals surface area contributed by atoms with Crippen molar-refractivity contribution in [3.63, 3.8) is 0 Å². The smallest absolute Gasteiger partial charge is 0.256 e. The van der Waals surface area contributed by atoms with Crippen LogP contribution >= 0.6 is 23.8 Å². The van der Waals surface area contributed by atoms with Crippen molar-refractivity contribution >= 4 is 52.1 Å². The Hall–Kier alpha value is -3.50. The fraction of sp³-hybridized carbons (Fsp3) is 0.344. The number of methoxy groups -OCH3 is 1. The quantitative estimate of drug-likeness (QED) is 0.312. The second kappa shape index (κ2) is 14.1. The van der Waals surface area contributed by atoms with Crippen LogP contribution in [0.2, 0.25) is 5.02 Å². The maximum absolute atomic E-state index is 13.8. The van der Waals surface area contributed by atoms with Gasteiger partial charge in [0.2, 0.25) is 5.91 Å². The summed E-state index contributed by atoms with van der Waals surface area (Å²) in [6.45, 7) is 6.49. The first kappa shape index (κ1) is 30.0. The number of benzene rings is 3. The third-order valence-electron chi connectivity index (χ3n) is 7.72. The molecule has 2 aliphatic rings. The second-order valence-electron chi connectivity index (χ2n) is 10.6. The number of nitrogens with zero attached hydrogens (tertiary/aromatic N) is 4. The largest absolute Gasteiger partial charge is 0.497 e. The highest BCUT2D eigenvalue weighted by molar-refractivity contribution is 7.80. The van der Waals surface area contributed by atoms with Gasteiger partial charge in [-0.1, -0.05) is 48.0 Å². The highest BCUT2D eigenvalue weighted by Crippen LogP contribution is 2.30. The first-order valence-corrected chi connectivity index (χ1v) is 15.0. The Morgan fingerprint density at radius 3 is 2.38 bits per heavy atom. The van der Waals surface area contributed by atoms with Gasteiger partial charge in [0.05, 0.1) is 19.2 Å². The molecule has 2 heterocycles. The molecule has 2 amide bonds. The number of ether oxygens (including phenoxy) is 1. The molecule has 42 heavy (non-hydrogen) atoms. The summed E-state index contributed by atoms with van der Waals surface area (Å²) in [5.41, 5.74) is 2.59. The lowest BCUT2D eigenvalue weighted by molar-refractivity contribution is -0.124. The molecule has 0 aliphatic carbocycles. The van der Waals surface area contributed by atoms with Crippen LogP contribution in [0.5, 0.6) is 5.75 Å². The zero-order valence-corrected chi connectivity index (χ0v) is 25.3. The third kappa shape index (κ3) is 7.46. The summed E-state index contributed by atoms with van der Waals surface area (Å²) in [6.07, 6.45) is 0.813. The van der Waals surface area contributed by atoms with Gasteiger partial charge in [-0.2, -0.15) is 0 Å². The highest BCUT2D eigenvalue weighted by atomic mass is 35.5. The van der Waals surface area contributed by atoms with Crippen LogP contribution in [0.3, 0.4) is 0 Å². The number of piperazine rings is 1. The Morgan fingerprint density at radius 2 is 1.67 bits per heavy atom. The normalized spacial score (nSPS) is 18.0. The van der Waals surface area contributed by atoms with E-state index in [0.717, 1.165) is 45.7 Å². The fourth-order valence-electron chi connectivity index (χ4n) is 5.47. The molecule has 2 saturated heterocycles. The van der Waals surface area contributed by atoms with Crippen molar-refractivity contribution < 1.29 is 14.3 Å². The van der Waals surface area contributed by atoms with E-state index in [2.05, 4.69) is 39.4 Å². The van der Waals surface area contributed by atoms with E-state index in [1.54, 1.807) is 37.4 Å². The van der Waals surface area contributed by atoms with Crippen LogP contribution in [0.15, 0.2) is 78.9 Å². The number of carbonyl (C=O) groups excluding carboxylic acids is 2. The van der Waals surface area contributed by atoms with Crippen LogP contribution < -0.4 is 15.0 Å². The molecule has 2 aliphatic heterocycles. The molecule has 2 fully saturated rings. The molecule has 1 N–H and O–H groups in total. The first-order chi connectivity index (χ1) is 20.4. The molecule has 1 atom stereocenters. The topological polar surface area (TPSA) is 68.4 Å².